The van der Waals surface area contributed by atoms with Crippen LogP contribution >= 0.6 is 34.8 Å². The molecular weight excluding hydrogens is 467 g/mol. The predicted octanol–water partition coefficient (Wildman–Crippen LogP) is 4.20. The number of unbranched alkanes of at least 4 members (excludes halogenated alkanes) is 3. The Balaban J connectivity index is 3.06. The van der Waals surface area contributed by atoms with E-state index in [1.54, 1.807) is 8.05 Å². The highest BCUT2D eigenvalue weighted by Gasteiger charge is 2.50. The van der Waals surface area contributed by atoms with Gasteiger partial charge in [-0.3, -0.25) is 5.41 Å². The fraction of sp³-hybridized carbons (Fsp3) is 0.950. The third kappa shape index (κ3) is 10.3. The first kappa shape index (κ1) is 29.2. The van der Waals surface area contributed by atoms with Gasteiger partial charge in [0.25, 0.3) is 11.8 Å². The van der Waals surface area contributed by atoms with Gasteiger partial charge in [0.1, 0.15) is 24.4 Å². The Bertz CT molecular complexity index is 500. The quantitative estimate of drug-likeness (QED) is 0.118. The predicted molar refractivity (Wildman–Crippen MR) is 126 cm³/mol. The minimum Gasteiger partial charge on any atom is -0.445 e. The summed E-state index contributed by atoms with van der Waals surface area (Å²) < 4.78 is 33.6. The molecule has 0 saturated carbocycles. The van der Waals surface area contributed by atoms with Crippen LogP contribution in [0.15, 0.2) is 0 Å². The third-order valence-electron chi connectivity index (χ3n) is 4.90. The molecule has 0 radical (unpaired) electrons. The molecule has 1 fully saturated rings. The van der Waals surface area contributed by atoms with Gasteiger partial charge in [0.05, 0.1) is 6.61 Å². The Labute approximate surface area is 202 Å². The summed E-state index contributed by atoms with van der Waals surface area (Å²) in [6.07, 6.45) is 2.63. The normalized spacial score (nSPS) is 26.7. The molecule has 1 N–H and O–H groups in total. The SMILES string of the molecule is BOC1C(OCCCC)C(COCCCC)OC(OC(=N)C(Cl)(Cl)Cl)C1OCCCC. The van der Waals surface area contributed by atoms with Crippen molar-refractivity contribution in [2.45, 2.75) is 93.8 Å². The average molecular weight is 505 g/mol. The first-order valence-corrected chi connectivity index (χ1v) is 12.2. The molecule has 1 heterocycles. The molecule has 11 heteroatoms. The number of hydrogen-bond donors (Lipinski definition) is 1. The van der Waals surface area contributed by atoms with Gasteiger partial charge in [-0.2, -0.15) is 0 Å². The number of hydrogen-bond acceptors (Lipinski definition) is 7. The monoisotopic (exact) mass is 503 g/mol. The van der Waals surface area contributed by atoms with Crippen molar-refractivity contribution in [2.24, 2.45) is 0 Å². The van der Waals surface area contributed by atoms with Gasteiger partial charge >= 0.3 is 0 Å². The second kappa shape index (κ2) is 15.9. The van der Waals surface area contributed by atoms with Gasteiger partial charge in [-0.05, 0) is 19.3 Å². The largest absolute Gasteiger partial charge is 0.445 e. The molecule has 0 amide bonds. The summed E-state index contributed by atoms with van der Waals surface area (Å²) in [5.41, 5.74) is 0. The van der Waals surface area contributed by atoms with Gasteiger partial charge in [-0.15, -0.1) is 0 Å². The Morgan fingerprint density at radius 2 is 1.45 bits per heavy atom. The van der Waals surface area contributed by atoms with Gasteiger partial charge in [0.2, 0.25) is 12.2 Å². The van der Waals surface area contributed by atoms with E-state index in [4.69, 9.17) is 68.6 Å². The van der Waals surface area contributed by atoms with E-state index >= 15 is 0 Å². The van der Waals surface area contributed by atoms with E-state index in [0.29, 0.717) is 26.4 Å². The lowest BCUT2D eigenvalue weighted by molar-refractivity contribution is -0.296. The van der Waals surface area contributed by atoms with Crippen molar-refractivity contribution in [1.82, 2.24) is 0 Å². The van der Waals surface area contributed by atoms with Crippen LogP contribution in [0, 0.1) is 5.41 Å². The topological polar surface area (TPSA) is 79.2 Å². The van der Waals surface area contributed by atoms with Crippen molar-refractivity contribution in [2.75, 3.05) is 26.4 Å². The minimum absolute atomic E-state index is 0.291. The second-order valence-corrected chi connectivity index (χ2v) is 9.78. The molecule has 5 atom stereocenters. The van der Waals surface area contributed by atoms with Crippen LogP contribution < -0.4 is 0 Å². The summed E-state index contributed by atoms with van der Waals surface area (Å²) in [6, 6.07) is 0. The second-order valence-electron chi connectivity index (χ2n) is 7.49. The summed E-state index contributed by atoms with van der Waals surface area (Å²) in [6.45, 7) is 8.21. The zero-order valence-corrected chi connectivity index (χ0v) is 21.3. The van der Waals surface area contributed by atoms with Crippen LogP contribution in [0.4, 0.5) is 0 Å². The highest BCUT2D eigenvalue weighted by atomic mass is 35.6. The van der Waals surface area contributed by atoms with Crippen LogP contribution in [0.5, 0.6) is 0 Å². The van der Waals surface area contributed by atoms with Crippen LogP contribution in [-0.2, 0) is 28.3 Å². The van der Waals surface area contributed by atoms with E-state index in [2.05, 4.69) is 20.8 Å². The number of ether oxygens (including phenoxy) is 5. The molecule has 0 bridgehead atoms. The van der Waals surface area contributed by atoms with E-state index in [1.165, 1.54) is 0 Å². The lowest BCUT2D eigenvalue weighted by Crippen LogP contribution is -2.62. The maximum Gasteiger partial charge on any atom is 0.265 e. The Hall–Kier alpha value is 0.205. The van der Waals surface area contributed by atoms with Gasteiger partial charge in [0.15, 0.2) is 0 Å². The summed E-state index contributed by atoms with van der Waals surface area (Å²) in [5, 5.41) is 7.99. The lowest BCUT2D eigenvalue weighted by atomic mass is 9.97. The average Bonchev–Trinajstić information content (AvgIpc) is 2.72. The fourth-order valence-electron chi connectivity index (χ4n) is 3.11. The van der Waals surface area contributed by atoms with Crippen LogP contribution in [0.2, 0.25) is 0 Å². The summed E-state index contributed by atoms with van der Waals surface area (Å²) >= 11 is 17.5. The van der Waals surface area contributed by atoms with E-state index in [9.17, 15) is 0 Å². The molecule has 7 nitrogen and oxygen atoms in total. The Morgan fingerprint density at radius 1 is 0.903 bits per heavy atom. The van der Waals surface area contributed by atoms with Gasteiger partial charge in [-0.25, -0.2) is 0 Å². The molecule has 1 saturated heterocycles. The van der Waals surface area contributed by atoms with E-state index in [0.717, 1.165) is 38.5 Å². The van der Waals surface area contributed by atoms with Gasteiger partial charge < -0.3 is 28.3 Å². The summed E-state index contributed by atoms with van der Waals surface area (Å²) in [4.78, 5) is 0. The smallest absolute Gasteiger partial charge is 0.265 e. The van der Waals surface area contributed by atoms with Crippen molar-refractivity contribution in [3.63, 3.8) is 0 Å². The molecule has 5 unspecified atom stereocenters. The van der Waals surface area contributed by atoms with Crippen molar-refractivity contribution >= 4 is 48.7 Å². The van der Waals surface area contributed by atoms with Crippen LogP contribution in [-0.4, -0.2) is 74.9 Å². The molecule has 1 rings (SSSR count). The maximum absolute atomic E-state index is 7.99. The molecule has 0 aromatic heterocycles. The van der Waals surface area contributed by atoms with E-state index in [-0.39, 0.29) is 0 Å². The van der Waals surface area contributed by atoms with Crippen molar-refractivity contribution in [3.8, 4) is 0 Å². The number of rotatable bonds is 15. The van der Waals surface area contributed by atoms with E-state index < -0.39 is 40.4 Å². The van der Waals surface area contributed by atoms with Crippen LogP contribution in [0.1, 0.15) is 59.3 Å². The van der Waals surface area contributed by atoms with Crippen LogP contribution in [0.25, 0.3) is 0 Å². The first-order valence-electron chi connectivity index (χ1n) is 11.1. The molecular formula is C20H37BCl3NO6. The van der Waals surface area contributed by atoms with Crippen molar-refractivity contribution in [3.05, 3.63) is 0 Å². The van der Waals surface area contributed by atoms with Crippen molar-refractivity contribution in [1.29, 1.82) is 5.41 Å². The molecule has 0 spiro atoms. The highest BCUT2D eigenvalue weighted by molar-refractivity contribution is 6.76. The Morgan fingerprint density at radius 3 is 1.97 bits per heavy atom. The third-order valence-corrected chi connectivity index (χ3v) is 5.41. The van der Waals surface area contributed by atoms with E-state index in [1.807, 2.05) is 0 Å². The minimum atomic E-state index is -2.01. The van der Waals surface area contributed by atoms with Crippen LogP contribution in [0.3, 0.4) is 0 Å². The highest BCUT2D eigenvalue weighted by Crippen LogP contribution is 2.33. The number of halogens is 3. The number of alkyl halides is 3. The van der Waals surface area contributed by atoms with Crippen molar-refractivity contribution < 1.29 is 28.3 Å². The molecule has 0 aromatic rings. The standard InChI is InChI=1S/C20H37BCl3NO6/c1-4-7-10-26-13-14-15(27-11-8-5-2)16(31-21)17(28-12-9-6-3)18(29-14)30-19(25)20(22,23)24/h14-18,25H,4-13,21H2,1-3H3. The molecule has 1 aliphatic rings. The summed E-state index contributed by atoms with van der Waals surface area (Å²) in [5.74, 6) is -0.544. The van der Waals surface area contributed by atoms with Gasteiger partial charge in [0, 0.05) is 19.8 Å². The molecule has 0 aliphatic carbocycles. The number of nitrogens with one attached hydrogen (secondary N) is 1. The maximum atomic E-state index is 7.99. The zero-order valence-electron chi connectivity index (χ0n) is 19.0. The summed E-state index contributed by atoms with van der Waals surface area (Å²) in [7, 11) is 1.59. The molecule has 1 aliphatic heterocycles. The fourth-order valence-corrected chi connectivity index (χ4v) is 3.24. The first-order chi connectivity index (χ1) is 14.8. The molecule has 0 aromatic carbocycles. The van der Waals surface area contributed by atoms with Gasteiger partial charge in [-0.1, -0.05) is 74.8 Å². The zero-order chi connectivity index (χ0) is 23.3. The Kier molecular flexibility index (Phi) is 15.0. The lowest BCUT2D eigenvalue weighted by Gasteiger charge is -2.45. The molecule has 182 valence electrons. The molecule has 31 heavy (non-hydrogen) atoms.